The molecular formula is C9H7FN2O2. The van der Waals surface area contributed by atoms with Crippen molar-refractivity contribution in [2.24, 2.45) is 0 Å². The largest absolute Gasteiger partial charge is 0.439 e. The van der Waals surface area contributed by atoms with Crippen molar-refractivity contribution < 1.29 is 8.91 Å². The van der Waals surface area contributed by atoms with Crippen LogP contribution in [-0.2, 0) is 0 Å². The van der Waals surface area contributed by atoms with E-state index >= 15 is 0 Å². The predicted molar refractivity (Wildman–Crippen MR) is 47.3 cm³/mol. The minimum absolute atomic E-state index is 0.313. The number of aromatic nitrogens is 2. The van der Waals surface area contributed by atoms with Gasteiger partial charge in [-0.2, -0.15) is 0 Å². The molecule has 72 valence electrons. The molecule has 2 aromatic rings. The molecule has 0 amide bonds. The molecule has 0 unspecified atom stereocenters. The number of benzene rings is 1. The molecule has 14 heavy (non-hydrogen) atoms. The van der Waals surface area contributed by atoms with Gasteiger partial charge in [-0.05, 0) is 30.7 Å². The Balaban J connectivity index is 2.57. The van der Waals surface area contributed by atoms with Gasteiger partial charge >= 0.3 is 5.76 Å². The number of hydrogen-bond donors (Lipinski definition) is 1. The molecule has 0 aliphatic rings. The van der Waals surface area contributed by atoms with Crippen LogP contribution in [0, 0.1) is 12.7 Å². The SMILES string of the molecule is Cc1cc(F)ccc1-c1noc(=O)[nH]1. The van der Waals surface area contributed by atoms with Crippen molar-refractivity contribution in [3.8, 4) is 11.4 Å². The Bertz CT molecular complexity index is 516. The zero-order valence-corrected chi connectivity index (χ0v) is 7.37. The van der Waals surface area contributed by atoms with E-state index in [2.05, 4.69) is 14.7 Å². The second-order valence-corrected chi connectivity index (χ2v) is 2.90. The van der Waals surface area contributed by atoms with Crippen molar-refractivity contribution in [3.05, 3.63) is 40.1 Å². The number of aromatic amines is 1. The second-order valence-electron chi connectivity index (χ2n) is 2.90. The molecule has 1 aromatic carbocycles. The van der Waals surface area contributed by atoms with E-state index in [1.165, 1.54) is 12.1 Å². The normalized spacial score (nSPS) is 10.4. The van der Waals surface area contributed by atoms with Gasteiger partial charge in [-0.15, -0.1) is 0 Å². The number of nitrogens with one attached hydrogen (secondary N) is 1. The van der Waals surface area contributed by atoms with E-state index in [4.69, 9.17) is 0 Å². The molecule has 1 aromatic heterocycles. The first kappa shape index (κ1) is 8.68. The highest BCUT2D eigenvalue weighted by atomic mass is 19.1. The van der Waals surface area contributed by atoms with Gasteiger partial charge in [-0.1, -0.05) is 5.16 Å². The van der Waals surface area contributed by atoms with Crippen LogP contribution in [0.15, 0.2) is 27.5 Å². The van der Waals surface area contributed by atoms with Gasteiger partial charge in [0.05, 0.1) is 0 Å². The van der Waals surface area contributed by atoms with E-state index < -0.39 is 5.76 Å². The molecule has 0 atom stereocenters. The average Bonchev–Trinajstić information content (AvgIpc) is 2.51. The molecule has 0 aliphatic heterocycles. The number of H-pyrrole nitrogens is 1. The maximum absolute atomic E-state index is 12.8. The van der Waals surface area contributed by atoms with E-state index in [-0.39, 0.29) is 5.82 Å². The van der Waals surface area contributed by atoms with Gasteiger partial charge in [0.1, 0.15) is 5.82 Å². The molecular weight excluding hydrogens is 187 g/mol. The van der Waals surface area contributed by atoms with Gasteiger partial charge in [0.25, 0.3) is 0 Å². The number of hydrogen-bond acceptors (Lipinski definition) is 3. The standard InChI is InChI=1S/C9H7FN2O2/c1-5-4-6(10)2-3-7(5)8-11-9(13)14-12-8/h2-4H,1H3,(H,11,12,13). The van der Waals surface area contributed by atoms with Crippen LogP contribution in [0.4, 0.5) is 4.39 Å². The highest BCUT2D eigenvalue weighted by molar-refractivity contribution is 5.58. The fraction of sp³-hybridized carbons (Fsp3) is 0.111. The molecule has 1 N–H and O–H groups in total. The Morgan fingerprint density at radius 1 is 1.50 bits per heavy atom. The summed E-state index contributed by atoms with van der Waals surface area (Å²) < 4.78 is 17.1. The summed E-state index contributed by atoms with van der Waals surface area (Å²) in [7, 11) is 0. The molecule has 4 nitrogen and oxygen atoms in total. The van der Waals surface area contributed by atoms with Gasteiger partial charge in [-0.25, -0.2) is 9.18 Å². The van der Waals surface area contributed by atoms with E-state index in [0.717, 1.165) is 0 Å². The summed E-state index contributed by atoms with van der Waals surface area (Å²) in [4.78, 5) is 13.1. The smallest absolute Gasteiger partial charge is 0.296 e. The monoisotopic (exact) mass is 194 g/mol. The minimum atomic E-state index is -0.622. The summed E-state index contributed by atoms with van der Waals surface area (Å²) >= 11 is 0. The quantitative estimate of drug-likeness (QED) is 0.747. The van der Waals surface area contributed by atoms with E-state index in [1.807, 2.05) is 0 Å². The van der Waals surface area contributed by atoms with Gasteiger partial charge in [-0.3, -0.25) is 9.51 Å². The molecule has 0 bridgehead atoms. The number of aryl methyl sites for hydroxylation is 1. The van der Waals surface area contributed by atoms with Crippen LogP contribution in [-0.4, -0.2) is 10.1 Å². The lowest BCUT2D eigenvalue weighted by Crippen LogP contribution is -1.95. The summed E-state index contributed by atoms with van der Waals surface area (Å²) in [6.45, 7) is 1.73. The zero-order valence-electron chi connectivity index (χ0n) is 7.37. The number of rotatable bonds is 1. The fourth-order valence-corrected chi connectivity index (χ4v) is 1.24. The first-order valence-electron chi connectivity index (χ1n) is 3.99. The molecule has 0 saturated carbocycles. The van der Waals surface area contributed by atoms with Gasteiger partial charge in [0.15, 0.2) is 5.82 Å². The second kappa shape index (κ2) is 3.10. The van der Waals surface area contributed by atoms with Crippen LogP contribution in [0.5, 0.6) is 0 Å². The van der Waals surface area contributed by atoms with Crippen molar-refractivity contribution in [2.75, 3.05) is 0 Å². The highest BCUT2D eigenvalue weighted by Crippen LogP contribution is 2.19. The third kappa shape index (κ3) is 1.44. The Kier molecular flexibility index (Phi) is 1.92. The van der Waals surface area contributed by atoms with Crippen LogP contribution in [0.25, 0.3) is 11.4 Å². The molecule has 1 heterocycles. The number of halogens is 1. The van der Waals surface area contributed by atoms with Crippen molar-refractivity contribution in [1.82, 2.24) is 10.1 Å². The minimum Gasteiger partial charge on any atom is -0.296 e. The molecule has 0 radical (unpaired) electrons. The van der Waals surface area contributed by atoms with Crippen molar-refractivity contribution >= 4 is 0 Å². The van der Waals surface area contributed by atoms with E-state index in [0.29, 0.717) is 17.0 Å². The predicted octanol–water partition coefficient (Wildman–Crippen LogP) is 1.48. The van der Waals surface area contributed by atoms with Crippen molar-refractivity contribution in [3.63, 3.8) is 0 Å². The Labute approximate surface area is 78.4 Å². The lowest BCUT2D eigenvalue weighted by atomic mass is 10.1. The lowest BCUT2D eigenvalue weighted by molar-refractivity contribution is 0.388. The lowest BCUT2D eigenvalue weighted by Gasteiger charge is -1.99. The fourth-order valence-electron chi connectivity index (χ4n) is 1.24. The first-order valence-corrected chi connectivity index (χ1v) is 3.99. The maximum Gasteiger partial charge on any atom is 0.439 e. The first-order chi connectivity index (χ1) is 6.66. The number of nitrogens with zero attached hydrogens (tertiary/aromatic N) is 1. The van der Waals surface area contributed by atoms with Crippen LogP contribution in [0.2, 0.25) is 0 Å². The van der Waals surface area contributed by atoms with Gasteiger partial charge in [0, 0.05) is 5.56 Å². The topological polar surface area (TPSA) is 58.9 Å². The molecule has 0 saturated heterocycles. The van der Waals surface area contributed by atoms with Crippen LogP contribution in [0.3, 0.4) is 0 Å². The Hall–Kier alpha value is -1.91. The zero-order chi connectivity index (χ0) is 10.1. The van der Waals surface area contributed by atoms with Crippen LogP contribution >= 0.6 is 0 Å². The Morgan fingerprint density at radius 3 is 2.86 bits per heavy atom. The van der Waals surface area contributed by atoms with Crippen molar-refractivity contribution in [1.29, 1.82) is 0 Å². The Morgan fingerprint density at radius 2 is 2.29 bits per heavy atom. The maximum atomic E-state index is 12.8. The van der Waals surface area contributed by atoms with Crippen LogP contribution < -0.4 is 5.76 Å². The molecule has 2 rings (SSSR count). The summed E-state index contributed by atoms with van der Waals surface area (Å²) in [5, 5.41) is 3.51. The summed E-state index contributed by atoms with van der Waals surface area (Å²) in [5.74, 6) is -0.631. The van der Waals surface area contributed by atoms with Crippen LogP contribution in [0.1, 0.15) is 5.56 Å². The molecule has 0 aliphatic carbocycles. The summed E-state index contributed by atoms with van der Waals surface area (Å²) in [6, 6.07) is 4.20. The molecule has 0 fully saturated rings. The average molecular weight is 194 g/mol. The molecule has 5 heteroatoms. The van der Waals surface area contributed by atoms with Gasteiger partial charge in [0.2, 0.25) is 0 Å². The summed E-state index contributed by atoms with van der Waals surface area (Å²) in [5.41, 5.74) is 1.34. The van der Waals surface area contributed by atoms with Gasteiger partial charge < -0.3 is 0 Å². The third-order valence-electron chi connectivity index (χ3n) is 1.88. The third-order valence-corrected chi connectivity index (χ3v) is 1.88. The van der Waals surface area contributed by atoms with E-state index in [9.17, 15) is 9.18 Å². The summed E-state index contributed by atoms with van der Waals surface area (Å²) in [6.07, 6.45) is 0. The van der Waals surface area contributed by atoms with Crippen molar-refractivity contribution in [2.45, 2.75) is 6.92 Å². The highest BCUT2D eigenvalue weighted by Gasteiger charge is 2.07. The van der Waals surface area contributed by atoms with E-state index in [1.54, 1.807) is 13.0 Å². The molecule has 0 spiro atoms.